The number of nitrogens with zero attached hydrogens (tertiary/aromatic N) is 5. The number of fused-ring (bicyclic) bond motifs is 1. The predicted molar refractivity (Wildman–Crippen MR) is 98.8 cm³/mol. The summed E-state index contributed by atoms with van der Waals surface area (Å²) in [4.78, 5) is 46.3. The summed E-state index contributed by atoms with van der Waals surface area (Å²) in [5.74, 6) is -0.451. The molecule has 0 aromatic carbocycles. The minimum atomic E-state index is -1.31. The topological polar surface area (TPSA) is 118 Å². The van der Waals surface area contributed by atoms with Gasteiger partial charge in [0.15, 0.2) is 5.65 Å². The molecular formula is C17H15N5O4S. The van der Waals surface area contributed by atoms with E-state index in [2.05, 4.69) is 14.3 Å². The fraction of sp³-hybridized carbons (Fsp3) is 0.294. The van der Waals surface area contributed by atoms with Crippen LogP contribution < -0.4 is 10.3 Å². The summed E-state index contributed by atoms with van der Waals surface area (Å²) in [6, 6.07) is 3.24. The van der Waals surface area contributed by atoms with Gasteiger partial charge < -0.3 is 10.0 Å². The number of carbonyl (C=O) groups is 2. The van der Waals surface area contributed by atoms with Crippen LogP contribution in [0.2, 0.25) is 0 Å². The number of rotatable bonds is 5. The van der Waals surface area contributed by atoms with E-state index in [-0.39, 0.29) is 22.7 Å². The number of hydrogen-bond donors (Lipinski definition) is 1. The van der Waals surface area contributed by atoms with Crippen LogP contribution in [0.25, 0.3) is 16.2 Å². The second-order valence-corrected chi connectivity index (χ2v) is 6.99. The number of Topliss-reactive ketones (excluding diaryl/α,β-unsaturated/α-hetero) is 1. The van der Waals surface area contributed by atoms with E-state index in [0.717, 1.165) is 11.5 Å². The maximum atomic E-state index is 12.5. The van der Waals surface area contributed by atoms with Gasteiger partial charge in [-0.15, -0.1) is 0 Å². The van der Waals surface area contributed by atoms with Crippen LogP contribution in [0.3, 0.4) is 0 Å². The van der Waals surface area contributed by atoms with Gasteiger partial charge in [-0.3, -0.25) is 14.2 Å². The van der Waals surface area contributed by atoms with E-state index < -0.39 is 11.4 Å². The van der Waals surface area contributed by atoms with Gasteiger partial charge in [-0.2, -0.15) is 4.37 Å². The third-order valence-electron chi connectivity index (χ3n) is 4.63. The van der Waals surface area contributed by atoms with Crippen molar-refractivity contribution in [1.82, 2.24) is 18.9 Å². The highest BCUT2D eigenvalue weighted by atomic mass is 32.1. The van der Waals surface area contributed by atoms with E-state index in [0.29, 0.717) is 36.1 Å². The Hall–Kier alpha value is -3.14. The Labute approximate surface area is 157 Å². The van der Waals surface area contributed by atoms with Crippen molar-refractivity contribution in [1.29, 1.82) is 0 Å². The Balaban J connectivity index is 1.82. The number of aromatic carboxylic acids is 1. The van der Waals surface area contributed by atoms with E-state index in [1.54, 1.807) is 12.1 Å². The summed E-state index contributed by atoms with van der Waals surface area (Å²) in [6.45, 7) is 3.02. The number of hydrogen-bond acceptors (Lipinski definition) is 8. The number of carbonyl (C=O) groups excluding carboxylic acids is 1. The SMILES string of the molecule is CCC(=O)C1CN(c2ccc3c(=O)c(C(=O)O)cn(-c4ncns4)c3n2)C1. The summed E-state index contributed by atoms with van der Waals surface area (Å²) in [5, 5.41) is 9.94. The zero-order chi connectivity index (χ0) is 19.1. The van der Waals surface area contributed by atoms with Crippen LogP contribution in [0.1, 0.15) is 23.7 Å². The first kappa shape index (κ1) is 17.3. The maximum absolute atomic E-state index is 12.5. The molecule has 0 radical (unpaired) electrons. The van der Waals surface area contributed by atoms with Crippen molar-refractivity contribution in [3.63, 3.8) is 0 Å². The molecule has 0 aliphatic carbocycles. The van der Waals surface area contributed by atoms with Crippen LogP contribution in [0.4, 0.5) is 5.82 Å². The van der Waals surface area contributed by atoms with Crippen LogP contribution in [-0.4, -0.2) is 48.9 Å². The van der Waals surface area contributed by atoms with E-state index >= 15 is 0 Å². The first-order valence-corrected chi connectivity index (χ1v) is 9.11. The number of ketones is 1. The second kappa shape index (κ2) is 6.54. The standard InChI is InChI=1S/C17H15N5O4S/c1-2-12(23)9-5-21(6-9)13-4-3-10-14(24)11(16(25)26)7-22(15(10)20-13)17-18-8-19-27-17/h3-4,7-9H,2,5-6H2,1H3,(H,25,26). The monoisotopic (exact) mass is 385 g/mol. The van der Waals surface area contributed by atoms with Crippen molar-refractivity contribution in [2.24, 2.45) is 5.92 Å². The lowest BCUT2D eigenvalue weighted by molar-refractivity contribution is -0.123. The molecule has 1 aliphatic rings. The molecule has 3 aromatic rings. The van der Waals surface area contributed by atoms with E-state index in [4.69, 9.17) is 0 Å². The fourth-order valence-electron chi connectivity index (χ4n) is 3.10. The van der Waals surface area contributed by atoms with Crippen molar-refractivity contribution in [3.05, 3.63) is 40.4 Å². The van der Waals surface area contributed by atoms with Crippen molar-refractivity contribution in [2.75, 3.05) is 18.0 Å². The Morgan fingerprint density at radius 2 is 2.11 bits per heavy atom. The van der Waals surface area contributed by atoms with Gasteiger partial charge in [-0.1, -0.05) is 6.92 Å². The van der Waals surface area contributed by atoms with Crippen LogP contribution in [-0.2, 0) is 4.79 Å². The van der Waals surface area contributed by atoms with Gasteiger partial charge in [0.1, 0.15) is 23.5 Å². The van der Waals surface area contributed by atoms with Crippen LogP contribution in [0.15, 0.2) is 29.5 Å². The average Bonchev–Trinajstić information content (AvgIpc) is 3.14. The molecule has 1 N–H and O–H groups in total. The molecule has 0 unspecified atom stereocenters. The van der Waals surface area contributed by atoms with Gasteiger partial charge in [-0.05, 0) is 12.1 Å². The number of anilines is 1. The van der Waals surface area contributed by atoms with Crippen molar-refractivity contribution < 1.29 is 14.7 Å². The molecule has 3 aromatic heterocycles. The van der Waals surface area contributed by atoms with Crippen LogP contribution >= 0.6 is 11.5 Å². The van der Waals surface area contributed by atoms with Gasteiger partial charge in [-0.25, -0.2) is 14.8 Å². The molecule has 0 bridgehead atoms. The van der Waals surface area contributed by atoms with Gasteiger partial charge >= 0.3 is 5.97 Å². The minimum Gasteiger partial charge on any atom is -0.477 e. The Kier molecular flexibility index (Phi) is 4.19. The summed E-state index contributed by atoms with van der Waals surface area (Å²) in [6.07, 6.45) is 3.09. The molecule has 9 nitrogen and oxygen atoms in total. The number of pyridine rings is 2. The first-order valence-electron chi connectivity index (χ1n) is 8.34. The third kappa shape index (κ3) is 2.87. The van der Waals surface area contributed by atoms with Crippen molar-refractivity contribution >= 4 is 40.1 Å². The van der Waals surface area contributed by atoms with Crippen LogP contribution in [0, 0.1) is 5.92 Å². The Morgan fingerprint density at radius 1 is 1.33 bits per heavy atom. The zero-order valence-corrected chi connectivity index (χ0v) is 15.1. The Morgan fingerprint density at radius 3 is 2.74 bits per heavy atom. The lowest BCUT2D eigenvalue weighted by atomic mass is 9.94. The molecule has 0 atom stereocenters. The predicted octanol–water partition coefficient (Wildman–Crippen LogP) is 1.35. The molecule has 4 rings (SSSR count). The van der Waals surface area contributed by atoms with Gasteiger partial charge in [0.05, 0.1) is 11.3 Å². The molecule has 10 heteroatoms. The summed E-state index contributed by atoms with van der Waals surface area (Å²) in [7, 11) is 0. The minimum absolute atomic E-state index is 0.00670. The molecule has 27 heavy (non-hydrogen) atoms. The Bertz CT molecular complexity index is 1100. The summed E-state index contributed by atoms with van der Waals surface area (Å²) < 4.78 is 5.40. The number of carboxylic acids is 1. The van der Waals surface area contributed by atoms with Crippen molar-refractivity contribution in [2.45, 2.75) is 13.3 Å². The molecule has 1 saturated heterocycles. The molecule has 1 aliphatic heterocycles. The maximum Gasteiger partial charge on any atom is 0.341 e. The normalized spacial score (nSPS) is 14.3. The van der Waals surface area contributed by atoms with Crippen LogP contribution in [0.5, 0.6) is 0 Å². The highest BCUT2D eigenvalue weighted by Crippen LogP contribution is 2.26. The quantitative estimate of drug-likeness (QED) is 0.699. The molecule has 1 fully saturated rings. The lowest BCUT2D eigenvalue weighted by Crippen LogP contribution is -2.50. The van der Waals surface area contributed by atoms with Crippen molar-refractivity contribution in [3.8, 4) is 5.13 Å². The van der Waals surface area contributed by atoms with Gasteiger partial charge in [0.2, 0.25) is 10.6 Å². The highest BCUT2D eigenvalue weighted by molar-refractivity contribution is 7.08. The highest BCUT2D eigenvalue weighted by Gasteiger charge is 2.32. The van der Waals surface area contributed by atoms with E-state index in [1.807, 2.05) is 11.8 Å². The van der Waals surface area contributed by atoms with E-state index in [9.17, 15) is 19.5 Å². The molecule has 0 saturated carbocycles. The zero-order valence-electron chi connectivity index (χ0n) is 14.3. The first-order chi connectivity index (χ1) is 13.0. The fourth-order valence-corrected chi connectivity index (χ4v) is 3.61. The molecule has 138 valence electrons. The lowest BCUT2D eigenvalue weighted by Gasteiger charge is -2.39. The largest absolute Gasteiger partial charge is 0.477 e. The number of carboxylic acid groups (broad SMARTS) is 1. The van der Waals surface area contributed by atoms with Gasteiger partial charge in [0, 0.05) is 37.2 Å². The molecular weight excluding hydrogens is 370 g/mol. The van der Waals surface area contributed by atoms with E-state index in [1.165, 1.54) is 17.1 Å². The second-order valence-electron chi connectivity index (χ2n) is 6.23. The molecule has 0 amide bonds. The summed E-state index contributed by atoms with van der Waals surface area (Å²) >= 11 is 1.07. The summed E-state index contributed by atoms with van der Waals surface area (Å²) in [5.41, 5.74) is -0.644. The average molecular weight is 385 g/mol. The molecule has 4 heterocycles. The number of aromatic nitrogens is 4. The third-order valence-corrected chi connectivity index (χ3v) is 5.30. The van der Waals surface area contributed by atoms with Gasteiger partial charge in [0.25, 0.3) is 0 Å². The molecule has 0 spiro atoms. The smallest absolute Gasteiger partial charge is 0.341 e.